The second kappa shape index (κ2) is 9.45. The lowest BCUT2D eigenvalue weighted by molar-refractivity contribution is 0.0692. The first-order valence-electron chi connectivity index (χ1n) is 8.61. The lowest BCUT2D eigenvalue weighted by Crippen LogP contribution is -2.16. The van der Waals surface area contributed by atoms with Crippen molar-refractivity contribution >= 4 is 11.9 Å². The van der Waals surface area contributed by atoms with Gasteiger partial charge in [-0.25, -0.2) is 23.5 Å². The first kappa shape index (κ1) is 20.0. The fourth-order valence-corrected chi connectivity index (χ4v) is 2.34. The van der Waals surface area contributed by atoms with Crippen molar-refractivity contribution < 1.29 is 28.2 Å². The topological polar surface area (TPSA) is 93.6 Å². The van der Waals surface area contributed by atoms with E-state index in [-0.39, 0.29) is 36.2 Å². The number of halogens is 2. The average molecular weight is 401 g/mol. The van der Waals surface area contributed by atoms with Crippen molar-refractivity contribution in [1.82, 2.24) is 9.97 Å². The second-order valence-corrected chi connectivity index (χ2v) is 5.83. The van der Waals surface area contributed by atoms with Crippen LogP contribution < -0.4 is 14.8 Å². The molecule has 0 unspecified atom stereocenters. The Morgan fingerprint density at radius 3 is 2.14 bits per heavy atom. The number of hydrogen-bond acceptors (Lipinski definition) is 6. The van der Waals surface area contributed by atoms with Crippen LogP contribution in [0.15, 0.2) is 54.7 Å². The van der Waals surface area contributed by atoms with Crippen molar-refractivity contribution in [2.24, 2.45) is 0 Å². The highest BCUT2D eigenvalue weighted by Crippen LogP contribution is 2.16. The first-order valence-corrected chi connectivity index (χ1v) is 8.61. The molecule has 9 heteroatoms. The summed E-state index contributed by atoms with van der Waals surface area (Å²) in [5.41, 5.74) is 0.0685. The molecule has 29 heavy (non-hydrogen) atoms. The molecule has 0 saturated carbocycles. The van der Waals surface area contributed by atoms with Crippen LogP contribution in [0.1, 0.15) is 16.1 Å². The number of carboxylic acids is 1. The number of carbonyl (C=O) groups is 1. The van der Waals surface area contributed by atoms with Gasteiger partial charge in [0, 0.05) is 6.20 Å². The minimum absolute atomic E-state index is 0.0970. The molecule has 0 aliphatic heterocycles. The molecule has 0 amide bonds. The quantitative estimate of drug-likeness (QED) is 0.530. The Morgan fingerprint density at radius 1 is 0.966 bits per heavy atom. The smallest absolute Gasteiger partial charge is 0.339 e. The maximum Gasteiger partial charge on any atom is 0.339 e. The first-order chi connectivity index (χ1) is 14.0. The Balaban J connectivity index is 1.58. The fourth-order valence-electron chi connectivity index (χ4n) is 2.34. The highest BCUT2D eigenvalue weighted by atomic mass is 19.1. The predicted molar refractivity (Wildman–Crippen MR) is 100 cm³/mol. The van der Waals surface area contributed by atoms with Gasteiger partial charge >= 0.3 is 5.97 Å². The van der Waals surface area contributed by atoms with Crippen LogP contribution in [0, 0.1) is 11.6 Å². The van der Waals surface area contributed by atoms with Gasteiger partial charge in [-0.1, -0.05) is 0 Å². The number of carboxylic acid groups (broad SMARTS) is 1. The summed E-state index contributed by atoms with van der Waals surface area (Å²) in [6.07, 6.45) is 1.18. The van der Waals surface area contributed by atoms with Gasteiger partial charge in [0.25, 0.3) is 0 Å². The molecule has 0 atom stereocenters. The van der Waals surface area contributed by atoms with E-state index in [0.29, 0.717) is 18.0 Å². The predicted octanol–water partition coefficient (Wildman–Crippen LogP) is 3.52. The van der Waals surface area contributed by atoms with Crippen molar-refractivity contribution in [2.45, 2.75) is 6.61 Å². The Hall–Kier alpha value is -3.75. The van der Waals surface area contributed by atoms with Crippen molar-refractivity contribution in [3.05, 3.63) is 77.6 Å². The third kappa shape index (κ3) is 5.86. The highest BCUT2D eigenvalue weighted by molar-refractivity contribution is 5.88. The number of nitrogens with zero attached hydrogens (tertiary/aromatic N) is 2. The van der Waals surface area contributed by atoms with Crippen molar-refractivity contribution in [2.75, 3.05) is 18.5 Å². The molecule has 0 bridgehead atoms. The van der Waals surface area contributed by atoms with Crippen LogP contribution in [0.3, 0.4) is 0 Å². The van der Waals surface area contributed by atoms with Crippen LogP contribution >= 0.6 is 0 Å². The lowest BCUT2D eigenvalue weighted by atomic mass is 10.2. The largest absolute Gasteiger partial charge is 0.492 e. The average Bonchev–Trinajstić information content (AvgIpc) is 2.72. The minimum Gasteiger partial charge on any atom is -0.492 e. The van der Waals surface area contributed by atoms with Gasteiger partial charge in [-0.2, -0.15) is 0 Å². The molecular weight excluding hydrogens is 384 g/mol. The zero-order valence-electron chi connectivity index (χ0n) is 15.1. The van der Waals surface area contributed by atoms with Gasteiger partial charge in [-0.15, -0.1) is 0 Å². The van der Waals surface area contributed by atoms with E-state index in [0.717, 1.165) is 0 Å². The molecule has 1 aromatic heterocycles. The molecule has 0 aliphatic carbocycles. The normalized spacial score (nSPS) is 10.4. The van der Waals surface area contributed by atoms with Gasteiger partial charge in [0.1, 0.15) is 41.9 Å². The van der Waals surface area contributed by atoms with Crippen LogP contribution in [-0.2, 0) is 6.61 Å². The van der Waals surface area contributed by atoms with Crippen LogP contribution in [0.2, 0.25) is 0 Å². The summed E-state index contributed by atoms with van der Waals surface area (Å²) in [6.45, 7) is 0.468. The molecule has 3 rings (SSSR count). The van der Waals surface area contributed by atoms with E-state index in [1.807, 2.05) is 0 Å². The molecule has 2 N–H and O–H groups in total. The molecule has 0 saturated heterocycles. The van der Waals surface area contributed by atoms with Gasteiger partial charge in [0.2, 0.25) is 5.95 Å². The zero-order valence-corrected chi connectivity index (χ0v) is 15.1. The van der Waals surface area contributed by atoms with Crippen molar-refractivity contribution in [3.63, 3.8) is 0 Å². The summed E-state index contributed by atoms with van der Waals surface area (Å²) in [7, 11) is 0. The van der Waals surface area contributed by atoms with E-state index in [2.05, 4.69) is 15.3 Å². The standard InChI is InChI=1S/C20H17F2N3O4/c21-13-1-5-15(6-2-13)28-10-9-23-20-24-11-17(19(26)27)18(25-20)12-29-16-7-3-14(22)4-8-16/h1-8,11H,9-10,12H2,(H,26,27)(H,23,24,25). The molecule has 0 radical (unpaired) electrons. The maximum atomic E-state index is 13.0. The van der Waals surface area contributed by atoms with Gasteiger partial charge in [0.05, 0.1) is 12.2 Å². The summed E-state index contributed by atoms with van der Waals surface area (Å²) in [4.78, 5) is 19.5. The van der Waals surface area contributed by atoms with Crippen LogP contribution in [0.4, 0.5) is 14.7 Å². The Labute approximate surface area is 165 Å². The van der Waals surface area contributed by atoms with Crippen LogP contribution in [0.25, 0.3) is 0 Å². The molecule has 0 aliphatic rings. The Bertz CT molecular complexity index is 966. The number of aromatic carboxylic acids is 1. The van der Waals surface area contributed by atoms with E-state index in [1.165, 1.54) is 54.7 Å². The fraction of sp³-hybridized carbons (Fsp3) is 0.150. The van der Waals surface area contributed by atoms with Gasteiger partial charge < -0.3 is 19.9 Å². The van der Waals surface area contributed by atoms with E-state index >= 15 is 0 Å². The molecule has 3 aromatic rings. The monoisotopic (exact) mass is 401 g/mol. The molecular formula is C20H17F2N3O4. The van der Waals surface area contributed by atoms with Crippen molar-refractivity contribution in [1.29, 1.82) is 0 Å². The Morgan fingerprint density at radius 2 is 1.55 bits per heavy atom. The summed E-state index contributed by atoms with van der Waals surface area (Å²) < 4.78 is 36.8. The minimum atomic E-state index is -1.19. The van der Waals surface area contributed by atoms with Crippen LogP contribution in [-0.4, -0.2) is 34.2 Å². The number of aromatic nitrogens is 2. The molecule has 0 fully saturated rings. The van der Waals surface area contributed by atoms with E-state index < -0.39 is 11.8 Å². The van der Waals surface area contributed by atoms with Gasteiger partial charge in [-0.3, -0.25) is 0 Å². The molecule has 2 aromatic carbocycles. The molecule has 0 spiro atoms. The molecule has 7 nitrogen and oxygen atoms in total. The van der Waals surface area contributed by atoms with Crippen molar-refractivity contribution in [3.8, 4) is 11.5 Å². The third-order valence-corrected chi connectivity index (χ3v) is 3.75. The van der Waals surface area contributed by atoms with Gasteiger partial charge in [0.15, 0.2) is 0 Å². The molecule has 150 valence electrons. The number of nitrogens with one attached hydrogen (secondary N) is 1. The number of hydrogen-bond donors (Lipinski definition) is 2. The van der Waals surface area contributed by atoms with E-state index in [1.54, 1.807) is 0 Å². The van der Waals surface area contributed by atoms with E-state index in [4.69, 9.17) is 9.47 Å². The Kier molecular flexibility index (Phi) is 6.51. The van der Waals surface area contributed by atoms with E-state index in [9.17, 15) is 18.7 Å². The molecule has 1 heterocycles. The third-order valence-electron chi connectivity index (χ3n) is 3.75. The number of ether oxygens (including phenoxy) is 2. The van der Waals surface area contributed by atoms with Gasteiger partial charge in [-0.05, 0) is 48.5 Å². The second-order valence-electron chi connectivity index (χ2n) is 5.83. The highest BCUT2D eigenvalue weighted by Gasteiger charge is 2.14. The zero-order chi connectivity index (χ0) is 20.6. The van der Waals surface area contributed by atoms with Crippen LogP contribution in [0.5, 0.6) is 11.5 Å². The summed E-state index contributed by atoms with van der Waals surface area (Å²) >= 11 is 0. The summed E-state index contributed by atoms with van der Waals surface area (Å²) in [5, 5.41) is 12.2. The summed E-state index contributed by atoms with van der Waals surface area (Å²) in [5.74, 6) is -0.839. The maximum absolute atomic E-state index is 13.0. The number of anilines is 1. The summed E-state index contributed by atoms with van der Waals surface area (Å²) in [6, 6.07) is 11.0. The number of benzene rings is 2. The SMILES string of the molecule is O=C(O)c1cnc(NCCOc2ccc(F)cc2)nc1COc1ccc(F)cc1. The number of rotatable bonds is 9. The lowest BCUT2D eigenvalue weighted by Gasteiger charge is -2.11.